The number of pyridine rings is 1. The summed E-state index contributed by atoms with van der Waals surface area (Å²) < 4.78 is 0. The predicted octanol–water partition coefficient (Wildman–Crippen LogP) is 4.89. The van der Waals surface area contributed by atoms with Gasteiger partial charge in [0.05, 0.1) is 5.52 Å². The number of hydrogen-bond donors (Lipinski definition) is 1. The van der Waals surface area contributed by atoms with Crippen molar-refractivity contribution in [2.75, 3.05) is 11.9 Å². The van der Waals surface area contributed by atoms with Crippen molar-refractivity contribution in [3.05, 3.63) is 35.0 Å². The molecule has 1 heterocycles. The van der Waals surface area contributed by atoms with E-state index < -0.39 is 0 Å². The van der Waals surface area contributed by atoms with Gasteiger partial charge in [0.15, 0.2) is 0 Å². The van der Waals surface area contributed by atoms with Gasteiger partial charge in [-0.3, -0.25) is 4.98 Å². The number of benzene rings is 1. The molecule has 0 atom stereocenters. The van der Waals surface area contributed by atoms with Crippen molar-refractivity contribution in [2.45, 2.75) is 58.8 Å². The molecule has 2 aromatic rings. The van der Waals surface area contributed by atoms with Gasteiger partial charge in [-0.15, -0.1) is 0 Å². The molecule has 0 saturated heterocycles. The fourth-order valence-electron chi connectivity index (χ4n) is 3.32. The molecule has 21 heavy (non-hydrogen) atoms. The van der Waals surface area contributed by atoms with Crippen LogP contribution in [0, 0.1) is 0 Å². The van der Waals surface area contributed by atoms with E-state index in [1.807, 2.05) is 0 Å². The van der Waals surface area contributed by atoms with E-state index in [2.05, 4.69) is 37.4 Å². The Bertz CT molecular complexity index is 631. The van der Waals surface area contributed by atoms with Crippen LogP contribution in [0.15, 0.2) is 18.2 Å². The topological polar surface area (TPSA) is 24.9 Å². The van der Waals surface area contributed by atoms with Gasteiger partial charge in [0, 0.05) is 23.3 Å². The van der Waals surface area contributed by atoms with E-state index in [4.69, 9.17) is 4.98 Å². The Morgan fingerprint density at radius 2 is 1.95 bits per heavy atom. The largest absolute Gasteiger partial charge is 0.384 e. The lowest BCUT2D eigenvalue weighted by molar-refractivity contribution is 0.709. The van der Waals surface area contributed by atoms with E-state index in [0.717, 1.165) is 31.3 Å². The molecule has 0 saturated carbocycles. The first-order chi connectivity index (χ1) is 10.3. The Hall–Kier alpha value is -1.57. The van der Waals surface area contributed by atoms with E-state index in [1.165, 1.54) is 53.6 Å². The van der Waals surface area contributed by atoms with Crippen LogP contribution in [0.1, 0.15) is 56.4 Å². The highest BCUT2D eigenvalue weighted by Crippen LogP contribution is 2.33. The number of rotatable bonds is 4. The highest BCUT2D eigenvalue weighted by Gasteiger charge is 2.17. The molecule has 1 aromatic heterocycles. The van der Waals surface area contributed by atoms with Crippen LogP contribution >= 0.6 is 0 Å². The van der Waals surface area contributed by atoms with Gasteiger partial charge in [0.1, 0.15) is 0 Å². The van der Waals surface area contributed by atoms with Crippen molar-refractivity contribution in [3.8, 4) is 0 Å². The van der Waals surface area contributed by atoms with E-state index in [0.29, 0.717) is 0 Å². The van der Waals surface area contributed by atoms with Crippen molar-refractivity contribution in [1.82, 2.24) is 4.98 Å². The summed E-state index contributed by atoms with van der Waals surface area (Å²) in [5.41, 5.74) is 6.75. The minimum absolute atomic E-state index is 1.04. The molecule has 1 N–H and O–H groups in total. The molecular formula is C19H26N2. The van der Waals surface area contributed by atoms with Gasteiger partial charge in [-0.25, -0.2) is 0 Å². The fraction of sp³-hybridized carbons (Fsp3) is 0.526. The number of nitrogens with one attached hydrogen (secondary N) is 1. The first-order valence-corrected chi connectivity index (χ1v) is 8.51. The third kappa shape index (κ3) is 2.90. The van der Waals surface area contributed by atoms with Crippen LogP contribution < -0.4 is 5.32 Å². The molecule has 0 radical (unpaired) electrons. The summed E-state index contributed by atoms with van der Waals surface area (Å²) in [6.07, 6.45) is 8.48. The van der Waals surface area contributed by atoms with Gasteiger partial charge in [-0.1, -0.05) is 26.3 Å². The molecule has 2 heteroatoms. The average molecular weight is 282 g/mol. The number of fused-ring (bicyclic) bond motifs is 2. The van der Waals surface area contributed by atoms with Gasteiger partial charge < -0.3 is 5.32 Å². The minimum Gasteiger partial charge on any atom is -0.384 e. The summed E-state index contributed by atoms with van der Waals surface area (Å²) in [6, 6.07) is 6.77. The van der Waals surface area contributed by atoms with Crippen LogP contribution in [-0.2, 0) is 19.3 Å². The SMILES string of the molecule is CCCNc1c2c(nc3ccc(CC)cc13)CCCCC2. The lowest BCUT2D eigenvalue weighted by atomic mass is 10.00. The maximum absolute atomic E-state index is 4.98. The van der Waals surface area contributed by atoms with Crippen molar-refractivity contribution < 1.29 is 0 Å². The Balaban J connectivity index is 2.19. The molecular weight excluding hydrogens is 256 g/mol. The summed E-state index contributed by atoms with van der Waals surface area (Å²) >= 11 is 0. The first-order valence-electron chi connectivity index (χ1n) is 8.51. The zero-order valence-corrected chi connectivity index (χ0v) is 13.3. The Labute approximate surface area is 128 Å². The average Bonchev–Trinajstić information content (AvgIpc) is 2.76. The maximum atomic E-state index is 4.98. The zero-order valence-electron chi connectivity index (χ0n) is 13.3. The van der Waals surface area contributed by atoms with Crippen LogP contribution in [-0.4, -0.2) is 11.5 Å². The molecule has 0 fully saturated rings. The second kappa shape index (κ2) is 6.46. The van der Waals surface area contributed by atoms with Gasteiger partial charge >= 0.3 is 0 Å². The monoisotopic (exact) mass is 282 g/mol. The van der Waals surface area contributed by atoms with Gasteiger partial charge in [-0.05, 0) is 61.8 Å². The van der Waals surface area contributed by atoms with Crippen LogP contribution in [0.3, 0.4) is 0 Å². The molecule has 1 aliphatic rings. The Morgan fingerprint density at radius 1 is 1.10 bits per heavy atom. The van der Waals surface area contributed by atoms with E-state index in [1.54, 1.807) is 0 Å². The molecule has 3 rings (SSSR count). The molecule has 1 aliphatic carbocycles. The van der Waals surface area contributed by atoms with Gasteiger partial charge in [-0.2, -0.15) is 0 Å². The van der Waals surface area contributed by atoms with Gasteiger partial charge in [0.2, 0.25) is 0 Å². The third-order valence-corrected chi connectivity index (χ3v) is 4.54. The molecule has 0 bridgehead atoms. The minimum atomic E-state index is 1.04. The van der Waals surface area contributed by atoms with E-state index >= 15 is 0 Å². The highest BCUT2D eigenvalue weighted by molar-refractivity contribution is 5.94. The second-order valence-electron chi connectivity index (χ2n) is 6.10. The van der Waals surface area contributed by atoms with E-state index in [9.17, 15) is 0 Å². The molecule has 112 valence electrons. The summed E-state index contributed by atoms with van der Waals surface area (Å²) in [6.45, 7) is 5.49. The fourth-order valence-corrected chi connectivity index (χ4v) is 3.32. The zero-order chi connectivity index (χ0) is 14.7. The predicted molar refractivity (Wildman–Crippen MR) is 91.2 cm³/mol. The number of anilines is 1. The van der Waals surface area contributed by atoms with Crippen LogP contribution in [0.25, 0.3) is 10.9 Å². The Kier molecular flexibility index (Phi) is 4.42. The molecule has 1 aromatic carbocycles. The number of nitrogens with zero attached hydrogens (tertiary/aromatic N) is 1. The Morgan fingerprint density at radius 3 is 2.76 bits per heavy atom. The quantitative estimate of drug-likeness (QED) is 0.808. The number of aryl methyl sites for hydroxylation is 2. The molecule has 0 amide bonds. The smallest absolute Gasteiger partial charge is 0.0726 e. The van der Waals surface area contributed by atoms with Crippen LogP contribution in [0.4, 0.5) is 5.69 Å². The number of hydrogen-bond acceptors (Lipinski definition) is 2. The normalized spacial score (nSPS) is 14.8. The van der Waals surface area contributed by atoms with Crippen molar-refractivity contribution in [1.29, 1.82) is 0 Å². The lowest BCUT2D eigenvalue weighted by Crippen LogP contribution is -2.08. The summed E-state index contributed by atoms with van der Waals surface area (Å²) in [4.78, 5) is 4.98. The van der Waals surface area contributed by atoms with Crippen LogP contribution in [0.5, 0.6) is 0 Å². The maximum Gasteiger partial charge on any atom is 0.0726 e. The third-order valence-electron chi connectivity index (χ3n) is 4.54. The summed E-state index contributed by atoms with van der Waals surface area (Å²) in [5, 5.41) is 5.03. The van der Waals surface area contributed by atoms with Crippen LogP contribution in [0.2, 0.25) is 0 Å². The van der Waals surface area contributed by atoms with Gasteiger partial charge in [0.25, 0.3) is 0 Å². The summed E-state index contributed by atoms with van der Waals surface area (Å²) in [5.74, 6) is 0. The summed E-state index contributed by atoms with van der Waals surface area (Å²) in [7, 11) is 0. The molecule has 0 spiro atoms. The molecule has 0 aliphatic heterocycles. The first kappa shape index (κ1) is 14.4. The standard InChI is InChI=1S/C19H26N2/c1-3-12-20-19-15-8-6-5-7-9-17(15)21-18-11-10-14(4-2)13-16(18)19/h10-11,13H,3-9,12H2,1-2H3,(H,20,21). The van der Waals surface area contributed by atoms with Crippen molar-refractivity contribution in [2.24, 2.45) is 0 Å². The van der Waals surface area contributed by atoms with E-state index in [-0.39, 0.29) is 0 Å². The highest BCUT2D eigenvalue weighted by atomic mass is 14.9. The number of aromatic nitrogens is 1. The molecule has 2 nitrogen and oxygen atoms in total. The second-order valence-corrected chi connectivity index (χ2v) is 6.10. The van der Waals surface area contributed by atoms with Crippen molar-refractivity contribution >= 4 is 16.6 Å². The lowest BCUT2D eigenvalue weighted by Gasteiger charge is -2.17. The van der Waals surface area contributed by atoms with Crippen molar-refractivity contribution in [3.63, 3.8) is 0 Å². The molecule has 0 unspecified atom stereocenters.